The van der Waals surface area contributed by atoms with Crippen LogP contribution in [0.25, 0.3) is 11.0 Å². The number of aryl methyl sites for hydroxylation is 3. The molecule has 0 saturated carbocycles. The predicted octanol–water partition coefficient (Wildman–Crippen LogP) is 6.21. The van der Waals surface area contributed by atoms with Crippen molar-refractivity contribution < 1.29 is 4.74 Å². The Labute approximate surface area is 173 Å². The summed E-state index contributed by atoms with van der Waals surface area (Å²) >= 11 is 0. The van der Waals surface area contributed by atoms with E-state index in [4.69, 9.17) is 9.72 Å². The lowest BCUT2D eigenvalue weighted by Gasteiger charge is -2.18. The van der Waals surface area contributed by atoms with E-state index < -0.39 is 0 Å². The van der Waals surface area contributed by atoms with E-state index >= 15 is 0 Å². The first-order valence-electron chi connectivity index (χ1n) is 10.1. The van der Waals surface area contributed by atoms with Crippen LogP contribution in [0.2, 0.25) is 0 Å². The van der Waals surface area contributed by atoms with Gasteiger partial charge in [-0.1, -0.05) is 30.3 Å². The molecule has 3 heteroatoms. The van der Waals surface area contributed by atoms with Crippen LogP contribution in [-0.2, 0) is 13.2 Å². The Hall–Kier alpha value is -3.07. The molecule has 1 aromatic heterocycles. The highest BCUT2D eigenvalue weighted by Crippen LogP contribution is 2.26. The van der Waals surface area contributed by atoms with Gasteiger partial charge in [0.1, 0.15) is 18.2 Å². The lowest BCUT2D eigenvalue weighted by atomic mass is 9.94. The van der Waals surface area contributed by atoms with Crippen molar-refractivity contribution in [2.45, 2.75) is 47.8 Å². The molecule has 4 aromatic rings. The molecule has 1 heterocycles. The van der Waals surface area contributed by atoms with Crippen LogP contribution in [0.3, 0.4) is 0 Å². The second kappa shape index (κ2) is 7.75. The average Bonchev–Trinajstić information content (AvgIpc) is 3.05. The van der Waals surface area contributed by atoms with E-state index in [0.717, 1.165) is 29.2 Å². The number of hydrogen-bond acceptors (Lipinski definition) is 2. The van der Waals surface area contributed by atoms with Gasteiger partial charge in [0.15, 0.2) is 0 Å². The zero-order valence-electron chi connectivity index (χ0n) is 17.9. The molecule has 0 fully saturated rings. The van der Waals surface area contributed by atoms with E-state index in [9.17, 15) is 0 Å². The molecule has 0 unspecified atom stereocenters. The molecule has 148 valence electrons. The maximum absolute atomic E-state index is 6.11. The van der Waals surface area contributed by atoms with Crippen molar-refractivity contribution >= 4 is 11.0 Å². The first-order chi connectivity index (χ1) is 13.9. The average molecular weight is 385 g/mol. The number of hydrogen-bond donors (Lipinski definition) is 0. The minimum absolute atomic E-state index is 0.445. The quantitative estimate of drug-likeness (QED) is 0.409. The predicted molar refractivity (Wildman–Crippen MR) is 120 cm³/mol. The lowest BCUT2D eigenvalue weighted by Crippen LogP contribution is -2.11. The van der Waals surface area contributed by atoms with Gasteiger partial charge < -0.3 is 9.30 Å². The summed E-state index contributed by atoms with van der Waals surface area (Å²) < 4.78 is 8.41. The third-order valence-corrected chi connectivity index (χ3v) is 5.93. The molecule has 0 amide bonds. The van der Waals surface area contributed by atoms with E-state index in [2.05, 4.69) is 75.6 Å². The third-order valence-electron chi connectivity index (χ3n) is 5.93. The Bertz CT molecular complexity index is 1160. The molecular formula is C26H28N2O. The fraction of sp³-hybridized carbons (Fsp3) is 0.269. The second-order valence-electron chi connectivity index (χ2n) is 7.95. The molecular weight excluding hydrogens is 356 g/mol. The Morgan fingerprint density at radius 1 is 0.828 bits per heavy atom. The number of fused-ring (bicyclic) bond motifs is 1. The second-order valence-corrected chi connectivity index (χ2v) is 7.95. The van der Waals surface area contributed by atoms with Gasteiger partial charge in [-0.15, -0.1) is 0 Å². The number of para-hydroxylation sites is 2. The number of aromatic nitrogens is 2. The summed E-state index contributed by atoms with van der Waals surface area (Å²) in [5.74, 6) is 1.83. The van der Waals surface area contributed by atoms with Crippen molar-refractivity contribution in [3.05, 3.63) is 93.8 Å². The van der Waals surface area contributed by atoms with Crippen LogP contribution >= 0.6 is 0 Å². The summed E-state index contributed by atoms with van der Waals surface area (Å²) in [6.07, 6.45) is 0. The fourth-order valence-corrected chi connectivity index (χ4v) is 3.96. The smallest absolute Gasteiger partial charge is 0.148 e. The van der Waals surface area contributed by atoms with Crippen LogP contribution in [0.15, 0.2) is 54.6 Å². The normalized spacial score (nSPS) is 11.2. The van der Waals surface area contributed by atoms with Gasteiger partial charge in [-0.2, -0.15) is 0 Å². The Morgan fingerprint density at radius 2 is 1.55 bits per heavy atom. The van der Waals surface area contributed by atoms with Gasteiger partial charge in [-0.3, -0.25) is 0 Å². The molecule has 0 aliphatic rings. The summed E-state index contributed by atoms with van der Waals surface area (Å²) in [6, 6.07) is 18.8. The summed E-state index contributed by atoms with van der Waals surface area (Å²) in [5, 5.41) is 0. The summed E-state index contributed by atoms with van der Waals surface area (Å²) in [7, 11) is 0. The topological polar surface area (TPSA) is 27.1 Å². The van der Waals surface area contributed by atoms with Gasteiger partial charge in [0.25, 0.3) is 0 Å². The Kier molecular flexibility index (Phi) is 5.14. The number of rotatable bonds is 5. The van der Waals surface area contributed by atoms with E-state index in [-0.39, 0.29) is 0 Å². The molecule has 0 bridgehead atoms. The SMILES string of the molecule is Cc1cccc(OCc2nc3ccccc3n2Cc2c(C)c(C)cc(C)c2C)c1. The van der Waals surface area contributed by atoms with E-state index in [1.165, 1.54) is 33.4 Å². The molecule has 0 saturated heterocycles. The zero-order chi connectivity index (χ0) is 20.5. The molecule has 3 aromatic carbocycles. The maximum atomic E-state index is 6.11. The standard InChI is InChI=1S/C26H28N2O/c1-17-9-8-10-22(13-17)29-16-26-27-24-11-6-7-12-25(24)28(26)15-23-20(4)18(2)14-19(3)21(23)5/h6-14H,15-16H2,1-5H3. The van der Waals surface area contributed by atoms with Crippen molar-refractivity contribution in [3.8, 4) is 5.75 Å². The van der Waals surface area contributed by atoms with E-state index in [0.29, 0.717) is 6.61 Å². The van der Waals surface area contributed by atoms with Crippen LogP contribution in [0.5, 0.6) is 5.75 Å². The molecule has 0 N–H and O–H groups in total. The maximum Gasteiger partial charge on any atom is 0.148 e. The van der Waals surface area contributed by atoms with Crippen LogP contribution in [0, 0.1) is 34.6 Å². The zero-order valence-corrected chi connectivity index (χ0v) is 17.9. The highest BCUT2D eigenvalue weighted by atomic mass is 16.5. The number of imidazole rings is 1. The molecule has 0 aliphatic carbocycles. The van der Waals surface area contributed by atoms with Crippen molar-refractivity contribution in [2.75, 3.05) is 0 Å². The molecule has 0 spiro atoms. The number of nitrogens with zero attached hydrogens (tertiary/aromatic N) is 2. The van der Waals surface area contributed by atoms with Crippen molar-refractivity contribution in [1.29, 1.82) is 0 Å². The molecule has 0 atom stereocenters. The van der Waals surface area contributed by atoms with E-state index in [1.807, 2.05) is 18.2 Å². The summed E-state index contributed by atoms with van der Waals surface area (Å²) in [5.41, 5.74) is 10.1. The molecule has 4 rings (SSSR count). The van der Waals surface area contributed by atoms with E-state index in [1.54, 1.807) is 0 Å². The molecule has 29 heavy (non-hydrogen) atoms. The number of benzene rings is 3. The highest BCUT2D eigenvalue weighted by Gasteiger charge is 2.15. The van der Waals surface area contributed by atoms with Gasteiger partial charge in [0.05, 0.1) is 17.6 Å². The third kappa shape index (κ3) is 3.77. The van der Waals surface area contributed by atoms with Gasteiger partial charge in [-0.25, -0.2) is 4.98 Å². The van der Waals surface area contributed by atoms with Crippen LogP contribution in [0.4, 0.5) is 0 Å². The van der Waals surface area contributed by atoms with Gasteiger partial charge in [0.2, 0.25) is 0 Å². The monoisotopic (exact) mass is 384 g/mol. The van der Waals surface area contributed by atoms with Crippen molar-refractivity contribution in [1.82, 2.24) is 9.55 Å². The Balaban J connectivity index is 1.75. The largest absolute Gasteiger partial charge is 0.486 e. The van der Waals surface area contributed by atoms with Gasteiger partial charge in [0, 0.05) is 0 Å². The van der Waals surface area contributed by atoms with Gasteiger partial charge >= 0.3 is 0 Å². The molecule has 3 nitrogen and oxygen atoms in total. The molecule has 0 radical (unpaired) electrons. The van der Waals surface area contributed by atoms with Gasteiger partial charge in [-0.05, 0) is 92.3 Å². The van der Waals surface area contributed by atoms with Crippen molar-refractivity contribution in [3.63, 3.8) is 0 Å². The minimum Gasteiger partial charge on any atom is -0.486 e. The highest BCUT2D eigenvalue weighted by molar-refractivity contribution is 5.76. The fourth-order valence-electron chi connectivity index (χ4n) is 3.96. The van der Waals surface area contributed by atoms with Crippen molar-refractivity contribution in [2.24, 2.45) is 0 Å². The summed E-state index contributed by atoms with van der Waals surface area (Å²) in [6.45, 7) is 12.2. The first-order valence-corrected chi connectivity index (χ1v) is 10.1. The minimum atomic E-state index is 0.445. The lowest BCUT2D eigenvalue weighted by molar-refractivity contribution is 0.291. The van der Waals surface area contributed by atoms with Crippen LogP contribution in [0.1, 0.15) is 39.2 Å². The number of ether oxygens (including phenoxy) is 1. The Morgan fingerprint density at radius 3 is 2.28 bits per heavy atom. The van der Waals surface area contributed by atoms with Crippen LogP contribution in [-0.4, -0.2) is 9.55 Å². The first kappa shape index (κ1) is 19.3. The summed E-state index contributed by atoms with van der Waals surface area (Å²) in [4.78, 5) is 4.89. The molecule has 0 aliphatic heterocycles. The van der Waals surface area contributed by atoms with Crippen LogP contribution < -0.4 is 4.74 Å².